The van der Waals surface area contributed by atoms with Gasteiger partial charge in [-0.3, -0.25) is 4.98 Å². The number of fused-ring (bicyclic) bond motifs is 1. The lowest BCUT2D eigenvalue weighted by molar-refractivity contribution is 0.0699. The Morgan fingerprint density at radius 1 is 1.54 bits per heavy atom. The van der Waals surface area contributed by atoms with Gasteiger partial charge in [0.15, 0.2) is 0 Å². The number of nitrogens with zero attached hydrogens (tertiary/aromatic N) is 1. The SMILES string of the molecule is Cc1cncc2[nH]cc(C(=O)O)c12. The fourth-order valence-electron chi connectivity index (χ4n) is 1.42. The molecule has 0 spiro atoms. The van der Waals surface area contributed by atoms with E-state index in [-0.39, 0.29) is 0 Å². The summed E-state index contributed by atoms with van der Waals surface area (Å²) in [6, 6.07) is 0. The lowest BCUT2D eigenvalue weighted by atomic mass is 10.1. The molecule has 0 aliphatic rings. The molecule has 0 unspecified atom stereocenters. The smallest absolute Gasteiger partial charge is 0.337 e. The monoisotopic (exact) mass is 176 g/mol. The maximum absolute atomic E-state index is 10.8. The maximum atomic E-state index is 10.8. The van der Waals surface area contributed by atoms with E-state index in [1.54, 1.807) is 12.4 Å². The minimum atomic E-state index is -0.916. The number of carboxylic acids is 1. The number of H-pyrrole nitrogens is 1. The van der Waals surface area contributed by atoms with Gasteiger partial charge in [0, 0.05) is 17.8 Å². The van der Waals surface area contributed by atoms with Gasteiger partial charge in [-0.2, -0.15) is 0 Å². The summed E-state index contributed by atoms with van der Waals surface area (Å²) in [6.45, 7) is 1.84. The summed E-state index contributed by atoms with van der Waals surface area (Å²) in [5, 5.41) is 9.59. The molecule has 0 atom stereocenters. The van der Waals surface area contributed by atoms with E-state index in [9.17, 15) is 4.79 Å². The Bertz CT molecular complexity index is 473. The van der Waals surface area contributed by atoms with Gasteiger partial charge >= 0.3 is 5.97 Å². The number of hydrogen-bond donors (Lipinski definition) is 2. The minimum absolute atomic E-state index is 0.301. The molecule has 0 aliphatic carbocycles. The number of aromatic nitrogens is 2. The van der Waals surface area contributed by atoms with Crippen LogP contribution in [-0.4, -0.2) is 21.0 Å². The Labute approximate surface area is 74.2 Å². The number of carboxylic acid groups (broad SMARTS) is 1. The molecule has 0 saturated carbocycles. The van der Waals surface area contributed by atoms with Gasteiger partial charge in [-0.1, -0.05) is 0 Å². The van der Waals surface area contributed by atoms with E-state index in [0.717, 1.165) is 16.5 Å². The Kier molecular flexibility index (Phi) is 1.55. The fraction of sp³-hybridized carbons (Fsp3) is 0.111. The molecule has 2 aromatic rings. The Morgan fingerprint density at radius 2 is 2.31 bits per heavy atom. The molecule has 0 radical (unpaired) electrons. The van der Waals surface area contributed by atoms with Gasteiger partial charge in [-0.25, -0.2) is 4.79 Å². The van der Waals surface area contributed by atoms with Crippen LogP contribution >= 0.6 is 0 Å². The van der Waals surface area contributed by atoms with Crippen LogP contribution in [0, 0.1) is 6.92 Å². The van der Waals surface area contributed by atoms with Gasteiger partial charge in [-0.05, 0) is 12.5 Å². The van der Waals surface area contributed by atoms with Crippen LogP contribution in [0.25, 0.3) is 10.9 Å². The normalized spacial score (nSPS) is 10.5. The highest BCUT2D eigenvalue weighted by Gasteiger charge is 2.11. The van der Waals surface area contributed by atoms with Gasteiger partial charge < -0.3 is 10.1 Å². The second kappa shape index (κ2) is 2.58. The number of aromatic carboxylic acids is 1. The molecule has 2 heterocycles. The largest absolute Gasteiger partial charge is 0.478 e. The molecule has 0 amide bonds. The van der Waals surface area contributed by atoms with E-state index in [2.05, 4.69) is 9.97 Å². The topological polar surface area (TPSA) is 66.0 Å². The van der Waals surface area contributed by atoms with Crippen LogP contribution in [0.1, 0.15) is 15.9 Å². The molecule has 0 fully saturated rings. The first-order valence-electron chi connectivity index (χ1n) is 3.85. The van der Waals surface area contributed by atoms with Gasteiger partial charge in [0.25, 0.3) is 0 Å². The highest BCUT2D eigenvalue weighted by molar-refractivity contribution is 6.04. The fourth-order valence-corrected chi connectivity index (χ4v) is 1.42. The molecule has 4 heteroatoms. The summed E-state index contributed by atoms with van der Waals surface area (Å²) in [5.41, 5.74) is 1.93. The van der Waals surface area contributed by atoms with Crippen molar-refractivity contribution in [2.24, 2.45) is 0 Å². The zero-order valence-corrected chi connectivity index (χ0v) is 7.03. The standard InChI is InChI=1S/C9H8N2O2/c1-5-2-10-4-7-8(5)6(3-11-7)9(12)13/h2-4,11H,1H3,(H,12,13). The van der Waals surface area contributed by atoms with Crippen LogP contribution < -0.4 is 0 Å². The minimum Gasteiger partial charge on any atom is -0.478 e. The van der Waals surface area contributed by atoms with Crippen molar-refractivity contribution in [2.75, 3.05) is 0 Å². The van der Waals surface area contributed by atoms with Gasteiger partial charge in [0.1, 0.15) is 0 Å². The summed E-state index contributed by atoms with van der Waals surface area (Å²) >= 11 is 0. The van der Waals surface area contributed by atoms with E-state index in [1.165, 1.54) is 6.20 Å². The molecule has 0 aromatic carbocycles. The van der Waals surface area contributed by atoms with Crippen molar-refractivity contribution in [1.82, 2.24) is 9.97 Å². The highest BCUT2D eigenvalue weighted by atomic mass is 16.4. The van der Waals surface area contributed by atoms with Crippen molar-refractivity contribution in [3.63, 3.8) is 0 Å². The molecule has 13 heavy (non-hydrogen) atoms. The summed E-state index contributed by atoms with van der Waals surface area (Å²) in [7, 11) is 0. The molecule has 2 N–H and O–H groups in total. The zero-order valence-electron chi connectivity index (χ0n) is 7.03. The van der Waals surface area contributed by atoms with Crippen LogP contribution in [-0.2, 0) is 0 Å². The molecule has 0 aliphatic heterocycles. The quantitative estimate of drug-likeness (QED) is 0.693. The van der Waals surface area contributed by atoms with Gasteiger partial charge in [-0.15, -0.1) is 0 Å². The number of carbonyl (C=O) groups is 1. The van der Waals surface area contributed by atoms with Crippen LogP contribution in [0.4, 0.5) is 0 Å². The number of rotatable bonds is 1. The molecule has 0 bridgehead atoms. The maximum Gasteiger partial charge on any atom is 0.337 e. The van der Waals surface area contributed by atoms with Crippen molar-refractivity contribution >= 4 is 16.9 Å². The van der Waals surface area contributed by atoms with Gasteiger partial charge in [0.05, 0.1) is 17.3 Å². The molecule has 2 aromatic heterocycles. The van der Waals surface area contributed by atoms with Crippen molar-refractivity contribution in [2.45, 2.75) is 6.92 Å². The van der Waals surface area contributed by atoms with Crippen molar-refractivity contribution < 1.29 is 9.90 Å². The molecular weight excluding hydrogens is 168 g/mol. The third-order valence-electron chi connectivity index (χ3n) is 2.01. The predicted molar refractivity (Wildman–Crippen MR) is 47.8 cm³/mol. The van der Waals surface area contributed by atoms with Crippen molar-refractivity contribution in [1.29, 1.82) is 0 Å². The Hall–Kier alpha value is -1.84. The van der Waals surface area contributed by atoms with E-state index in [4.69, 9.17) is 5.11 Å². The number of aromatic amines is 1. The summed E-state index contributed by atoms with van der Waals surface area (Å²) in [5.74, 6) is -0.916. The average Bonchev–Trinajstić information content (AvgIpc) is 2.49. The summed E-state index contributed by atoms with van der Waals surface area (Å²) in [6.07, 6.45) is 4.76. The van der Waals surface area contributed by atoms with Crippen molar-refractivity contribution in [3.05, 3.63) is 29.7 Å². The first kappa shape index (κ1) is 7.79. The van der Waals surface area contributed by atoms with Gasteiger partial charge in [0.2, 0.25) is 0 Å². The lowest BCUT2D eigenvalue weighted by Gasteiger charge is -1.95. The van der Waals surface area contributed by atoms with Crippen LogP contribution in [0.3, 0.4) is 0 Å². The number of hydrogen-bond acceptors (Lipinski definition) is 2. The third kappa shape index (κ3) is 1.07. The molecule has 4 nitrogen and oxygen atoms in total. The van der Waals surface area contributed by atoms with Crippen molar-refractivity contribution in [3.8, 4) is 0 Å². The Morgan fingerprint density at radius 3 is 3.00 bits per heavy atom. The molecule has 66 valence electrons. The predicted octanol–water partition coefficient (Wildman–Crippen LogP) is 1.57. The summed E-state index contributed by atoms with van der Waals surface area (Å²) in [4.78, 5) is 17.6. The van der Waals surface area contributed by atoms with Crippen LogP contribution in [0.5, 0.6) is 0 Å². The zero-order chi connectivity index (χ0) is 9.42. The molecular formula is C9H8N2O2. The van der Waals surface area contributed by atoms with E-state index < -0.39 is 5.97 Å². The number of nitrogens with one attached hydrogen (secondary N) is 1. The lowest BCUT2D eigenvalue weighted by Crippen LogP contribution is -1.94. The number of aryl methyl sites for hydroxylation is 1. The average molecular weight is 176 g/mol. The van der Waals surface area contributed by atoms with E-state index in [1.807, 2.05) is 6.92 Å². The highest BCUT2D eigenvalue weighted by Crippen LogP contribution is 2.20. The second-order valence-corrected chi connectivity index (χ2v) is 2.89. The first-order valence-corrected chi connectivity index (χ1v) is 3.85. The Balaban J connectivity index is 2.86. The van der Waals surface area contributed by atoms with E-state index in [0.29, 0.717) is 5.56 Å². The van der Waals surface area contributed by atoms with Crippen LogP contribution in [0.15, 0.2) is 18.6 Å². The van der Waals surface area contributed by atoms with E-state index >= 15 is 0 Å². The first-order chi connectivity index (χ1) is 6.20. The molecule has 2 rings (SSSR count). The van der Waals surface area contributed by atoms with Crippen LogP contribution in [0.2, 0.25) is 0 Å². The second-order valence-electron chi connectivity index (χ2n) is 2.89. The third-order valence-corrected chi connectivity index (χ3v) is 2.01. The molecule has 0 saturated heterocycles. The number of pyridine rings is 1. The summed E-state index contributed by atoms with van der Waals surface area (Å²) < 4.78 is 0.